The van der Waals surface area contributed by atoms with Gasteiger partial charge in [-0.1, -0.05) is 5.43 Å². The number of carboxylic acids is 2. The molecule has 1 rings (SSSR count). The first-order chi connectivity index (χ1) is 16.6. The molecule has 214 valence electrons. The first kappa shape index (κ1) is 35.2. The Kier molecular flexibility index (Phi) is 14.5. The zero-order valence-electron chi connectivity index (χ0n) is 18.5. The molecule has 11 N–H and O–H groups in total. The average Bonchev–Trinajstić information content (AvgIpc) is 3.11. The van der Waals surface area contributed by atoms with Gasteiger partial charge in [0, 0.05) is 19.1 Å². The summed E-state index contributed by atoms with van der Waals surface area (Å²) in [6.45, 7) is 0.407. The molecule has 1 saturated heterocycles. The zero-order chi connectivity index (χ0) is 29.7. The van der Waals surface area contributed by atoms with E-state index in [0.29, 0.717) is 12.8 Å². The lowest BCUT2D eigenvalue weighted by molar-refractivity contribution is -0.525. The number of hydrazine groups is 1. The van der Waals surface area contributed by atoms with Crippen LogP contribution in [0.5, 0.6) is 0 Å². The van der Waals surface area contributed by atoms with Crippen LogP contribution in [0.2, 0.25) is 0 Å². The number of halogens is 6. The van der Waals surface area contributed by atoms with Crippen LogP contribution >= 0.6 is 0 Å². The van der Waals surface area contributed by atoms with E-state index in [0.717, 1.165) is 0 Å². The molecule has 0 aromatic rings. The summed E-state index contributed by atoms with van der Waals surface area (Å²) in [7, 11) is 0. The molecular formula is C15H24F6N8O8. The number of alkyl halides is 6. The summed E-state index contributed by atoms with van der Waals surface area (Å²) in [5, 5.41) is 23.5. The molecule has 0 aliphatic carbocycles. The Labute approximate surface area is 202 Å². The topological polar surface area (TPSA) is 284 Å². The van der Waals surface area contributed by atoms with Gasteiger partial charge in [0.25, 0.3) is 5.96 Å². The molecule has 0 unspecified atom stereocenters. The van der Waals surface area contributed by atoms with Crippen molar-refractivity contribution >= 4 is 29.7 Å². The van der Waals surface area contributed by atoms with E-state index < -0.39 is 53.2 Å². The van der Waals surface area contributed by atoms with Crippen LogP contribution in [0.3, 0.4) is 0 Å². The van der Waals surface area contributed by atoms with Crippen LogP contribution in [0.1, 0.15) is 19.3 Å². The Balaban J connectivity index is 0. The predicted molar refractivity (Wildman–Crippen MR) is 108 cm³/mol. The Morgan fingerprint density at radius 1 is 1.08 bits per heavy atom. The van der Waals surface area contributed by atoms with Crippen molar-refractivity contribution in [1.82, 2.24) is 10.3 Å². The highest BCUT2D eigenvalue weighted by Gasteiger charge is 2.39. The third-order valence-electron chi connectivity index (χ3n) is 3.91. The van der Waals surface area contributed by atoms with Gasteiger partial charge in [-0.3, -0.25) is 9.59 Å². The van der Waals surface area contributed by atoms with Gasteiger partial charge in [-0.15, -0.1) is 0 Å². The summed E-state index contributed by atoms with van der Waals surface area (Å²) in [4.78, 5) is 56.5. The molecule has 0 aromatic carbocycles. The fourth-order valence-electron chi connectivity index (χ4n) is 2.36. The highest BCUT2D eigenvalue weighted by Crippen LogP contribution is 2.18. The number of carboxylic acid groups (broad SMARTS) is 2. The monoisotopic (exact) mass is 558 g/mol. The number of rotatable bonds is 7. The maximum absolute atomic E-state index is 12.3. The molecule has 0 bridgehead atoms. The number of carbonyl (C=O) groups excluding carboxylic acids is 2. The molecule has 1 aliphatic heterocycles. The van der Waals surface area contributed by atoms with Crippen LogP contribution in [-0.2, 0) is 19.2 Å². The average molecular weight is 558 g/mol. The van der Waals surface area contributed by atoms with E-state index in [1.165, 1.54) is 4.90 Å². The fourth-order valence-corrected chi connectivity index (χ4v) is 2.36. The number of aliphatic imine (C=N–C) groups is 1. The Morgan fingerprint density at radius 2 is 1.51 bits per heavy atom. The van der Waals surface area contributed by atoms with Crippen LogP contribution in [0.25, 0.3) is 0 Å². The summed E-state index contributed by atoms with van der Waals surface area (Å²) in [6, 6.07) is -1.87. The third-order valence-corrected chi connectivity index (χ3v) is 3.91. The minimum atomic E-state index is -5.08. The summed E-state index contributed by atoms with van der Waals surface area (Å²) in [5.41, 5.74) is 23.8. The molecule has 0 aromatic heterocycles. The van der Waals surface area contributed by atoms with Crippen molar-refractivity contribution in [3.63, 3.8) is 0 Å². The van der Waals surface area contributed by atoms with Crippen molar-refractivity contribution in [2.45, 2.75) is 49.7 Å². The van der Waals surface area contributed by atoms with E-state index in [1.54, 1.807) is 5.43 Å². The fraction of sp³-hybridized carbons (Fsp3) is 0.667. The number of carbonyl (C=O) groups is 4. The second kappa shape index (κ2) is 15.2. The Hall–Kier alpha value is -3.95. The molecule has 1 heterocycles. The quantitative estimate of drug-likeness (QED) is 0.0440. The molecule has 0 radical (unpaired) electrons. The molecule has 22 heteroatoms. The molecular weight excluding hydrogens is 534 g/mol. The van der Waals surface area contributed by atoms with Crippen molar-refractivity contribution in [3.05, 3.63) is 10.1 Å². The Morgan fingerprint density at radius 3 is 1.86 bits per heavy atom. The van der Waals surface area contributed by atoms with Crippen molar-refractivity contribution < 1.29 is 60.8 Å². The van der Waals surface area contributed by atoms with Gasteiger partial charge in [-0.25, -0.2) is 24.7 Å². The molecule has 37 heavy (non-hydrogen) atoms. The zero-order valence-corrected chi connectivity index (χ0v) is 18.5. The number of aliphatic carboxylic acids is 2. The number of hydrogen-bond donors (Lipinski definition) is 7. The second-order valence-corrected chi connectivity index (χ2v) is 6.89. The summed E-state index contributed by atoms with van der Waals surface area (Å²) < 4.78 is 63.5. The van der Waals surface area contributed by atoms with Gasteiger partial charge in [0.1, 0.15) is 6.04 Å². The highest BCUT2D eigenvalue weighted by molar-refractivity contribution is 5.89. The van der Waals surface area contributed by atoms with Crippen molar-refractivity contribution in [3.8, 4) is 0 Å². The van der Waals surface area contributed by atoms with E-state index in [9.17, 15) is 46.0 Å². The van der Waals surface area contributed by atoms with Crippen molar-refractivity contribution in [2.24, 2.45) is 27.9 Å². The number of nitrogens with one attached hydrogen (secondary N) is 1. The number of likely N-dealkylation sites (tertiary alicyclic amines) is 1. The van der Waals surface area contributed by atoms with E-state index >= 15 is 0 Å². The highest BCUT2D eigenvalue weighted by atomic mass is 19.4. The minimum absolute atomic E-state index is 0.173. The number of nitro groups is 1. The van der Waals surface area contributed by atoms with Gasteiger partial charge in [-0.2, -0.15) is 26.3 Å². The van der Waals surface area contributed by atoms with E-state index in [4.69, 9.17) is 42.7 Å². The predicted octanol–water partition coefficient (Wildman–Crippen LogP) is -2.13. The van der Waals surface area contributed by atoms with Gasteiger partial charge < -0.3 is 38.0 Å². The van der Waals surface area contributed by atoms with Crippen LogP contribution in [0.4, 0.5) is 26.3 Å². The standard InChI is InChI=1S/C11H22N8O4.2C2HF3O2/c12-6-4-8(9(14)20)18(5-6)10(21)7(13)2-1-3-16-11(15)17-19(22)23;2*3-2(4,5)1(6)7/h6-8H,1-5,12-13H2,(H2,14,20)(H3,15,16,17);2*(H,6,7)/t6-,7+,8+;;/m0../s1. The lowest BCUT2D eigenvalue weighted by Gasteiger charge is -2.25. The maximum atomic E-state index is 12.3. The number of hydrogen-bond acceptors (Lipinski definition) is 9. The SMILES string of the molecule is NC(=O)[C@H]1C[C@H](N)CN1C(=O)[C@H](N)CCCN=C(N)N[N+](=O)[O-].O=C(O)C(F)(F)F.O=C(O)C(F)(F)F. The number of primary amides is 1. The van der Waals surface area contributed by atoms with Crippen molar-refractivity contribution in [1.29, 1.82) is 0 Å². The van der Waals surface area contributed by atoms with E-state index in [1.807, 2.05) is 0 Å². The van der Waals surface area contributed by atoms with Gasteiger partial charge in [0.15, 0.2) is 5.03 Å². The number of amides is 2. The minimum Gasteiger partial charge on any atom is -0.475 e. The lowest BCUT2D eigenvalue weighted by Crippen LogP contribution is -2.50. The largest absolute Gasteiger partial charge is 0.490 e. The molecule has 0 spiro atoms. The van der Waals surface area contributed by atoms with Crippen LogP contribution in [0.15, 0.2) is 4.99 Å². The first-order valence-electron chi connectivity index (χ1n) is 9.53. The number of nitrogens with two attached hydrogens (primary N) is 4. The number of guanidine groups is 1. The molecule has 1 aliphatic rings. The molecule has 0 saturated carbocycles. The smallest absolute Gasteiger partial charge is 0.475 e. The van der Waals surface area contributed by atoms with Gasteiger partial charge in [0.05, 0.1) is 6.04 Å². The van der Waals surface area contributed by atoms with Gasteiger partial charge in [-0.05, 0) is 19.3 Å². The van der Waals surface area contributed by atoms with Gasteiger partial charge >= 0.3 is 24.3 Å². The van der Waals surface area contributed by atoms with Crippen LogP contribution in [0, 0.1) is 10.1 Å². The number of nitrogens with zero attached hydrogens (tertiary/aromatic N) is 3. The Bertz CT molecular complexity index is 830. The normalized spacial score (nSPS) is 18.4. The lowest BCUT2D eigenvalue weighted by atomic mass is 10.1. The van der Waals surface area contributed by atoms with Crippen LogP contribution < -0.4 is 28.4 Å². The summed E-state index contributed by atoms with van der Waals surface area (Å²) in [6.07, 6.45) is -9.17. The molecule has 16 nitrogen and oxygen atoms in total. The molecule has 3 atom stereocenters. The summed E-state index contributed by atoms with van der Waals surface area (Å²) in [5.74, 6) is -6.85. The maximum Gasteiger partial charge on any atom is 0.490 e. The van der Waals surface area contributed by atoms with E-state index in [2.05, 4.69) is 4.99 Å². The first-order valence-corrected chi connectivity index (χ1v) is 9.53. The summed E-state index contributed by atoms with van der Waals surface area (Å²) >= 11 is 0. The van der Waals surface area contributed by atoms with E-state index in [-0.39, 0.29) is 31.5 Å². The van der Waals surface area contributed by atoms with Gasteiger partial charge in [0.2, 0.25) is 11.8 Å². The molecule has 1 fully saturated rings. The van der Waals surface area contributed by atoms with Crippen LogP contribution in [-0.4, -0.2) is 93.4 Å². The second-order valence-electron chi connectivity index (χ2n) is 6.89. The third kappa shape index (κ3) is 15.6. The van der Waals surface area contributed by atoms with Crippen molar-refractivity contribution in [2.75, 3.05) is 13.1 Å². The molecule has 2 amide bonds.